The molecule has 3 aromatic rings. The maximum absolute atomic E-state index is 12.0. The van der Waals surface area contributed by atoms with E-state index in [1.807, 2.05) is 36.4 Å². The predicted molar refractivity (Wildman–Crippen MR) is 129 cm³/mol. The molecule has 0 fully saturated rings. The van der Waals surface area contributed by atoms with Gasteiger partial charge in [-0.25, -0.2) is 13.4 Å². The van der Waals surface area contributed by atoms with Crippen LogP contribution in [0.25, 0.3) is 11.4 Å². The van der Waals surface area contributed by atoms with Crippen LogP contribution in [0.5, 0.6) is 0 Å². The molecule has 2 heterocycles. The van der Waals surface area contributed by atoms with Gasteiger partial charge in [0, 0.05) is 50.1 Å². The van der Waals surface area contributed by atoms with Gasteiger partial charge in [0.1, 0.15) is 5.82 Å². The van der Waals surface area contributed by atoms with Gasteiger partial charge in [-0.1, -0.05) is 41.9 Å². The molecule has 1 aromatic heterocycles. The van der Waals surface area contributed by atoms with Gasteiger partial charge < -0.3 is 4.57 Å². The smallest absolute Gasteiger partial charge is 0.151 e. The zero-order valence-electron chi connectivity index (χ0n) is 18.5. The number of nitrogens with zero attached hydrogens (tertiary/aromatic N) is 3. The fourth-order valence-corrected chi connectivity index (χ4v) is 6.37. The van der Waals surface area contributed by atoms with Gasteiger partial charge in [0.15, 0.2) is 9.84 Å². The van der Waals surface area contributed by atoms with Crippen molar-refractivity contribution in [3.63, 3.8) is 0 Å². The Bertz CT molecular complexity index is 1280. The normalized spacial score (nSPS) is 18.9. The Kier molecular flexibility index (Phi) is 5.64. The first-order valence-corrected chi connectivity index (χ1v) is 13.5. The van der Waals surface area contributed by atoms with Crippen molar-refractivity contribution < 1.29 is 8.42 Å². The van der Waals surface area contributed by atoms with Crippen LogP contribution in [0.4, 0.5) is 0 Å². The van der Waals surface area contributed by atoms with Crippen LogP contribution in [0, 0.1) is 0 Å². The standard InChI is InChI=1S/C25H28ClN3O2S/c1-28-24-12-13-29(15-23(24)27-25(28)20-8-3-4-9-22(20)26)19-11-10-17-6-5-7-18(21(17)14-19)16-32(2,30)31/h3-9,19H,10-16H2,1-2H3. The van der Waals surface area contributed by atoms with E-state index < -0.39 is 9.84 Å². The van der Waals surface area contributed by atoms with E-state index in [-0.39, 0.29) is 5.75 Å². The highest BCUT2D eigenvalue weighted by Crippen LogP contribution is 2.33. The summed E-state index contributed by atoms with van der Waals surface area (Å²) in [5, 5.41) is 0.720. The molecule has 0 saturated heterocycles. The summed E-state index contributed by atoms with van der Waals surface area (Å²) >= 11 is 6.45. The number of hydrogen-bond acceptors (Lipinski definition) is 4. The van der Waals surface area contributed by atoms with Gasteiger partial charge >= 0.3 is 0 Å². The Morgan fingerprint density at radius 2 is 1.94 bits per heavy atom. The number of fused-ring (bicyclic) bond motifs is 2. The lowest BCUT2D eigenvalue weighted by atomic mass is 9.84. The van der Waals surface area contributed by atoms with E-state index in [1.54, 1.807) is 0 Å². The molecule has 1 unspecified atom stereocenters. The number of imidazole rings is 1. The molecule has 0 radical (unpaired) electrons. The second-order valence-electron chi connectivity index (χ2n) is 9.11. The Labute approximate surface area is 195 Å². The first-order valence-electron chi connectivity index (χ1n) is 11.1. The second-order valence-corrected chi connectivity index (χ2v) is 11.7. The summed E-state index contributed by atoms with van der Waals surface area (Å²) in [5.74, 6) is 1.04. The third-order valence-electron chi connectivity index (χ3n) is 6.89. The molecule has 1 aliphatic heterocycles. The SMILES string of the molecule is Cn1c(-c2ccccc2Cl)nc2c1CCN(C1CCc3cccc(CS(C)(=O)=O)c3C1)C2. The maximum atomic E-state index is 12.0. The van der Waals surface area contributed by atoms with Crippen molar-refractivity contribution in [1.29, 1.82) is 0 Å². The van der Waals surface area contributed by atoms with Crippen LogP contribution < -0.4 is 0 Å². The van der Waals surface area contributed by atoms with Crippen LogP contribution in [0.1, 0.15) is 34.5 Å². The molecule has 32 heavy (non-hydrogen) atoms. The number of aryl methyl sites for hydroxylation is 1. The maximum Gasteiger partial charge on any atom is 0.151 e. The minimum absolute atomic E-state index is 0.120. The fourth-order valence-electron chi connectivity index (χ4n) is 5.32. The quantitative estimate of drug-likeness (QED) is 0.574. The summed E-state index contributed by atoms with van der Waals surface area (Å²) < 4.78 is 26.1. The van der Waals surface area contributed by atoms with Gasteiger partial charge in [0.2, 0.25) is 0 Å². The Morgan fingerprint density at radius 1 is 1.12 bits per heavy atom. The summed E-state index contributed by atoms with van der Waals surface area (Å²) in [5.41, 5.74) is 6.88. The van der Waals surface area contributed by atoms with Gasteiger partial charge in [0.05, 0.1) is 16.5 Å². The molecule has 0 bridgehead atoms. The molecular weight excluding hydrogens is 442 g/mol. The number of aromatic nitrogens is 2. The van der Waals surface area contributed by atoms with Crippen molar-refractivity contribution in [2.45, 2.75) is 44.0 Å². The molecule has 0 N–H and O–H groups in total. The minimum Gasteiger partial charge on any atom is -0.331 e. The number of benzene rings is 2. The van der Waals surface area contributed by atoms with E-state index in [9.17, 15) is 8.42 Å². The molecule has 1 atom stereocenters. The summed E-state index contributed by atoms with van der Waals surface area (Å²) in [6.07, 6.45) is 5.26. The lowest BCUT2D eigenvalue weighted by Gasteiger charge is -2.37. The van der Waals surface area contributed by atoms with E-state index in [0.717, 1.165) is 66.4 Å². The van der Waals surface area contributed by atoms with Crippen LogP contribution in [0.15, 0.2) is 42.5 Å². The average Bonchev–Trinajstić information content (AvgIpc) is 3.09. The van der Waals surface area contributed by atoms with Crippen LogP contribution >= 0.6 is 11.6 Å². The monoisotopic (exact) mass is 469 g/mol. The zero-order chi connectivity index (χ0) is 22.5. The first-order chi connectivity index (χ1) is 15.3. The highest BCUT2D eigenvalue weighted by Gasteiger charge is 2.31. The third kappa shape index (κ3) is 4.12. The van der Waals surface area contributed by atoms with E-state index in [0.29, 0.717) is 6.04 Å². The number of halogens is 1. The van der Waals surface area contributed by atoms with Crippen molar-refractivity contribution in [3.05, 3.63) is 75.6 Å². The van der Waals surface area contributed by atoms with Crippen LogP contribution in [-0.2, 0) is 48.4 Å². The molecule has 2 aromatic carbocycles. The fraction of sp³-hybridized carbons (Fsp3) is 0.400. The number of sulfone groups is 1. The van der Waals surface area contributed by atoms with Gasteiger partial charge in [-0.15, -0.1) is 0 Å². The molecule has 5 nitrogen and oxygen atoms in total. The Morgan fingerprint density at radius 3 is 2.72 bits per heavy atom. The van der Waals surface area contributed by atoms with Crippen molar-refractivity contribution in [3.8, 4) is 11.4 Å². The van der Waals surface area contributed by atoms with Crippen LogP contribution in [0.2, 0.25) is 5.02 Å². The van der Waals surface area contributed by atoms with E-state index in [2.05, 4.69) is 22.6 Å². The molecule has 168 valence electrons. The Hall–Kier alpha value is -2.15. The summed E-state index contributed by atoms with van der Waals surface area (Å²) in [6.45, 7) is 1.81. The number of hydrogen-bond donors (Lipinski definition) is 0. The van der Waals surface area contributed by atoms with Gasteiger partial charge in [-0.05, 0) is 48.1 Å². The molecule has 1 aliphatic carbocycles. The van der Waals surface area contributed by atoms with Gasteiger partial charge in [-0.2, -0.15) is 0 Å². The van der Waals surface area contributed by atoms with Crippen molar-refractivity contribution in [2.24, 2.45) is 7.05 Å². The van der Waals surface area contributed by atoms with Gasteiger partial charge in [0.25, 0.3) is 0 Å². The van der Waals surface area contributed by atoms with E-state index in [1.165, 1.54) is 23.1 Å². The van der Waals surface area contributed by atoms with Crippen LogP contribution in [0.3, 0.4) is 0 Å². The molecule has 7 heteroatoms. The lowest BCUT2D eigenvalue weighted by molar-refractivity contribution is 0.159. The highest BCUT2D eigenvalue weighted by molar-refractivity contribution is 7.89. The topological polar surface area (TPSA) is 55.2 Å². The Balaban J connectivity index is 1.40. The van der Waals surface area contributed by atoms with Crippen molar-refractivity contribution >= 4 is 21.4 Å². The van der Waals surface area contributed by atoms with Crippen LogP contribution in [-0.4, -0.2) is 41.7 Å². The highest BCUT2D eigenvalue weighted by atomic mass is 35.5. The van der Waals surface area contributed by atoms with E-state index in [4.69, 9.17) is 16.6 Å². The molecule has 0 spiro atoms. The summed E-state index contributed by atoms with van der Waals surface area (Å²) in [7, 11) is -0.984. The molecule has 0 amide bonds. The minimum atomic E-state index is -3.06. The van der Waals surface area contributed by atoms with Gasteiger partial charge in [-0.3, -0.25) is 4.90 Å². The predicted octanol–water partition coefficient (Wildman–Crippen LogP) is 4.20. The lowest BCUT2D eigenvalue weighted by Crippen LogP contribution is -2.42. The molecule has 5 rings (SSSR count). The number of rotatable bonds is 4. The zero-order valence-corrected chi connectivity index (χ0v) is 20.1. The third-order valence-corrected chi connectivity index (χ3v) is 8.06. The molecule has 0 saturated carbocycles. The second kappa shape index (κ2) is 8.32. The van der Waals surface area contributed by atoms with Crippen molar-refractivity contribution in [1.82, 2.24) is 14.5 Å². The van der Waals surface area contributed by atoms with Crippen molar-refractivity contribution in [2.75, 3.05) is 12.8 Å². The largest absolute Gasteiger partial charge is 0.331 e. The molecule has 2 aliphatic rings. The first kappa shape index (κ1) is 21.7. The average molecular weight is 470 g/mol. The summed E-state index contributed by atoms with van der Waals surface area (Å²) in [6, 6.07) is 14.4. The molecular formula is C25H28ClN3O2S. The van der Waals surface area contributed by atoms with E-state index >= 15 is 0 Å². The summed E-state index contributed by atoms with van der Waals surface area (Å²) in [4.78, 5) is 7.53.